The molecular formula is C22H24BrFN4O2. The molecule has 1 saturated heterocycles. The average molecular weight is 483 g/mol. The van der Waals surface area contributed by atoms with Crippen LogP contribution in [0.15, 0.2) is 41.1 Å². The van der Waals surface area contributed by atoms with Crippen LogP contribution in [-0.2, 0) is 0 Å². The molecule has 1 aliphatic heterocycles. The zero-order chi connectivity index (χ0) is 26.1. The lowest BCUT2D eigenvalue weighted by Gasteiger charge is -2.28. The second-order valence-corrected chi connectivity index (χ2v) is 8.05. The molecule has 2 heterocycles. The third kappa shape index (κ3) is 4.65. The van der Waals surface area contributed by atoms with Gasteiger partial charge in [0.25, 0.3) is 0 Å². The summed E-state index contributed by atoms with van der Waals surface area (Å²) >= 11 is 3.22. The van der Waals surface area contributed by atoms with E-state index in [1.165, 1.54) is 23.4 Å². The Morgan fingerprint density at radius 1 is 1.23 bits per heavy atom. The van der Waals surface area contributed by atoms with Gasteiger partial charge in [0.05, 0.1) is 29.0 Å². The summed E-state index contributed by atoms with van der Waals surface area (Å²) < 4.78 is 71.5. The molecule has 0 saturated carbocycles. The minimum atomic E-state index is -2.74. The number of methoxy groups -OCH3 is 1. The van der Waals surface area contributed by atoms with E-state index in [-0.39, 0.29) is 35.5 Å². The van der Waals surface area contributed by atoms with Gasteiger partial charge in [-0.05, 0) is 63.1 Å². The third-order valence-corrected chi connectivity index (χ3v) is 5.58. The number of nitrogens with zero attached hydrogens (tertiary/aromatic N) is 3. The van der Waals surface area contributed by atoms with Gasteiger partial charge in [-0.3, -0.25) is 0 Å². The molecule has 0 spiro atoms. The van der Waals surface area contributed by atoms with Crippen molar-refractivity contribution in [2.75, 3.05) is 39.0 Å². The molecule has 1 N–H and O–H groups in total. The number of hydrogen-bond acceptors (Lipinski definition) is 6. The van der Waals surface area contributed by atoms with E-state index in [2.05, 4.69) is 31.2 Å². The van der Waals surface area contributed by atoms with E-state index in [0.29, 0.717) is 41.3 Å². The summed E-state index contributed by atoms with van der Waals surface area (Å²) in [4.78, 5) is 9.90. The van der Waals surface area contributed by atoms with Gasteiger partial charge in [-0.1, -0.05) is 15.9 Å². The van der Waals surface area contributed by atoms with E-state index >= 15 is 0 Å². The lowest BCUT2D eigenvalue weighted by molar-refractivity contribution is 0.157. The molecule has 0 atom stereocenters. The van der Waals surface area contributed by atoms with Crippen LogP contribution in [0.2, 0.25) is 0 Å². The molecule has 1 aromatic heterocycles. The van der Waals surface area contributed by atoms with Gasteiger partial charge in [-0.15, -0.1) is 0 Å². The number of anilines is 2. The highest BCUT2D eigenvalue weighted by Gasteiger charge is 2.19. The van der Waals surface area contributed by atoms with Gasteiger partial charge in [0, 0.05) is 20.0 Å². The van der Waals surface area contributed by atoms with Crippen LogP contribution in [-0.4, -0.2) is 48.6 Å². The Labute approximate surface area is 192 Å². The molecule has 8 heteroatoms. The van der Waals surface area contributed by atoms with Crippen molar-refractivity contribution in [3.05, 3.63) is 46.9 Å². The number of fused-ring (bicyclic) bond motifs is 1. The highest BCUT2D eigenvalue weighted by Crippen LogP contribution is 2.35. The monoisotopic (exact) mass is 482 g/mol. The Morgan fingerprint density at radius 2 is 2.10 bits per heavy atom. The highest BCUT2D eigenvalue weighted by molar-refractivity contribution is 9.10. The fourth-order valence-corrected chi connectivity index (χ4v) is 3.72. The topological polar surface area (TPSA) is 59.5 Å². The van der Waals surface area contributed by atoms with Crippen molar-refractivity contribution < 1.29 is 22.1 Å². The zero-order valence-electron chi connectivity index (χ0n) is 22.0. The molecule has 158 valence electrons. The number of piperidine rings is 1. The maximum Gasteiger partial charge on any atom is 0.163 e. The molecule has 0 aliphatic carbocycles. The molecule has 30 heavy (non-hydrogen) atoms. The molecule has 3 aromatic rings. The molecule has 4 rings (SSSR count). The van der Waals surface area contributed by atoms with Gasteiger partial charge in [-0.2, -0.15) is 0 Å². The van der Waals surface area contributed by atoms with Crippen molar-refractivity contribution in [3.8, 4) is 11.5 Å². The smallest absolute Gasteiger partial charge is 0.163 e. The Balaban J connectivity index is 1.59. The first-order chi connectivity index (χ1) is 16.9. The number of benzene rings is 2. The Kier molecular flexibility index (Phi) is 4.43. The van der Waals surface area contributed by atoms with E-state index in [0.717, 1.165) is 0 Å². The van der Waals surface area contributed by atoms with Gasteiger partial charge in [0.1, 0.15) is 18.0 Å². The Hall–Kier alpha value is -2.45. The van der Waals surface area contributed by atoms with Crippen LogP contribution in [0.5, 0.6) is 11.5 Å². The molecule has 2 aromatic carbocycles. The second kappa shape index (κ2) is 9.14. The zero-order valence-corrected chi connectivity index (χ0v) is 17.6. The van der Waals surface area contributed by atoms with E-state index in [9.17, 15) is 4.39 Å². The van der Waals surface area contributed by atoms with Crippen molar-refractivity contribution in [2.24, 2.45) is 5.92 Å². The van der Waals surface area contributed by atoms with Crippen LogP contribution in [0.1, 0.15) is 21.1 Å². The summed E-state index contributed by atoms with van der Waals surface area (Å²) in [5, 5.41) is 3.33. The first-order valence-corrected chi connectivity index (χ1v) is 10.3. The van der Waals surface area contributed by atoms with E-state index in [4.69, 9.17) is 17.7 Å². The summed E-state index contributed by atoms with van der Waals surface area (Å²) in [6.07, 6.45) is 2.58. The van der Waals surface area contributed by atoms with Gasteiger partial charge >= 0.3 is 0 Å². The Morgan fingerprint density at radius 3 is 2.87 bits per heavy atom. The molecule has 6 nitrogen and oxygen atoms in total. The van der Waals surface area contributed by atoms with Crippen molar-refractivity contribution >= 4 is 38.3 Å². The van der Waals surface area contributed by atoms with Crippen LogP contribution in [0, 0.1) is 11.7 Å². The van der Waals surface area contributed by atoms with E-state index in [1.807, 2.05) is 0 Å². The number of halogens is 2. The lowest BCUT2D eigenvalue weighted by Crippen LogP contribution is -2.32. The van der Waals surface area contributed by atoms with Crippen molar-refractivity contribution in [1.82, 2.24) is 14.9 Å². The number of nitrogens with one attached hydrogen (secondary N) is 1. The predicted octanol–water partition coefficient (Wildman–Crippen LogP) is 5.00. The highest BCUT2D eigenvalue weighted by atomic mass is 79.9. The van der Waals surface area contributed by atoms with Crippen molar-refractivity contribution in [3.63, 3.8) is 0 Å². The number of rotatable bonds is 6. The quantitative estimate of drug-likeness (QED) is 0.498. The lowest BCUT2D eigenvalue weighted by atomic mass is 9.99. The van der Waals surface area contributed by atoms with Crippen molar-refractivity contribution in [1.29, 1.82) is 0 Å². The number of ether oxygens (including phenoxy) is 2. The predicted molar refractivity (Wildman–Crippen MR) is 119 cm³/mol. The summed E-state index contributed by atoms with van der Waals surface area (Å²) in [5.41, 5.74) is 0.621. The molecule has 0 bridgehead atoms. The Bertz CT molecular complexity index is 1240. The fourth-order valence-electron chi connectivity index (χ4n) is 3.38. The number of likely N-dealkylation sites (tertiary alicyclic amines) is 1. The fraction of sp³-hybridized carbons (Fsp3) is 0.364. The molecular weight excluding hydrogens is 453 g/mol. The number of aromatic nitrogens is 2. The molecule has 0 unspecified atom stereocenters. The normalized spacial score (nSPS) is 19.1. The average Bonchev–Trinajstić information content (AvgIpc) is 2.78. The third-order valence-electron chi connectivity index (χ3n) is 5.08. The summed E-state index contributed by atoms with van der Waals surface area (Å²) in [6, 6.07) is 7.53. The van der Waals surface area contributed by atoms with Crippen LogP contribution in [0.3, 0.4) is 0 Å². The molecule has 0 radical (unpaired) electrons. The minimum Gasteiger partial charge on any atom is -0.493 e. The first kappa shape index (κ1) is 14.5. The summed E-state index contributed by atoms with van der Waals surface area (Å²) in [7, 11) is -2.74. The van der Waals surface area contributed by atoms with Gasteiger partial charge in [0.2, 0.25) is 0 Å². The van der Waals surface area contributed by atoms with Gasteiger partial charge in [-0.25, -0.2) is 14.4 Å². The van der Waals surface area contributed by atoms with Crippen LogP contribution in [0.25, 0.3) is 10.9 Å². The van der Waals surface area contributed by atoms with Gasteiger partial charge in [0.15, 0.2) is 11.5 Å². The SMILES string of the molecule is [2H][13C]([2H])([2H])Oc1cc2c(Nc3ccc(Br)cc3F)ncnc2cc1OCC1CCN([13C]([2H])([2H])[2H])CC1. The first-order valence-electron chi connectivity index (χ1n) is 12.5. The summed E-state index contributed by atoms with van der Waals surface area (Å²) in [6.45, 7) is -1.00. The van der Waals surface area contributed by atoms with E-state index in [1.54, 1.807) is 18.2 Å². The largest absolute Gasteiger partial charge is 0.493 e. The standard InChI is InChI=1S/C22H24BrFN4O2/c1-28-7-5-14(6-8-28)12-30-21-11-19-16(10-20(21)29-2)22(26-13-25-19)27-18-4-3-15(23)9-17(18)24/h3-4,9-11,13-14H,5-8,12H2,1-2H3,(H,25,26,27)/i1+1D3,2+1D3. The molecule has 1 fully saturated rings. The van der Waals surface area contributed by atoms with Gasteiger partial charge < -0.3 is 19.7 Å². The van der Waals surface area contributed by atoms with Crippen LogP contribution in [0.4, 0.5) is 15.9 Å². The maximum atomic E-state index is 14.4. The number of hydrogen-bond donors (Lipinski definition) is 1. The van der Waals surface area contributed by atoms with Crippen molar-refractivity contribution in [2.45, 2.75) is 12.8 Å². The summed E-state index contributed by atoms with van der Waals surface area (Å²) in [5.74, 6) is 0.0237. The van der Waals surface area contributed by atoms with E-state index < -0.39 is 19.8 Å². The molecule has 1 aliphatic rings. The van der Waals surface area contributed by atoms with Crippen LogP contribution >= 0.6 is 15.9 Å². The minimum absolute atomic E-state index is 0.0310. The second-order valence-electron chi connectivity index (χ2n) is 7.13. The molecule has 0 amide bonds. The van der Waals surface area contributed by atoms with Crippen LogP contribution < -0.4 is 14.8 Å². The maximum absolute atomic E-state index is 14.4.